The normalized spacial score (nSPS) is 10.5. The van der Waals surface area contributed by atoms with Crippen molar-refractivity contribution >= 4 is 17.3 Å². The molecule has 0 saturated heterocycles. The molecule has 2 heterocycles. The van der Waals surface area contributed by atoms with E-state index in [-0.39, 0.29) is 0 Å². The molecule has 23 heavy (non-hydrogen) atoms. The summed E-state index contributed by atoms with van der Waals surface area (Å²) in [5.74, 6) is 3.13. The maximum absolute atomic E-state index is 5.32. The van der Waals surface area contributed by atoms with Crippen LogP contribution in [0, 0.1) is 6.92 Å². The number of benzene rings is 1. The Morgan fingerprint density at radius 2 is 1.87 bits per heavy atom. The molecule has 0 saturated carbocycles. The van der Waals surface area contributed by atoms with E-state index in [1.807, 2.05) is 37.3 Å². The van der Waals surface area contributed by atoms with E-state index in [4.69, 9.17) is 4.42 Å². The van der Waals surface area contributed by atoms with Crippen LogP contribution in [0.2, 0.25) is 0 Å². The zero-order valence-electron chi connectivity index (χ0n) is 13.3. The van der Waals surface area contributed by atoms with Gasteiger partial charge in [-0.25, -0.2) is 9.97 Å². The lowest BCUT2D eigenvalue weighted by Gasteiger charge is -2.12. The Labute approximate surface area is 135 Å². The van der Waals surface area contributed by atoms with Gasteiger partial charge >= 0.3 is 0 Å². The van der Waals surface area contributed by atoms with Crippen LogP contribution in [0.3, 0.4) is 0 Å². The molecule has 0 bridgehead atoms. The first-order valence-electron chi connectivity index (χ1n) is 7.71. The Balaban J connectivity index is 1.77. The quantitative estimate of drug-likeness (QED) is 0.711. The number of para-hydroxylation sites is 1. The Hall–Kier alpha value is -2.82. The molecule has 5 heteroatoms. The molecule has 0 unspecified atom stereocenters. The molecule has 0 fully saturated rings. The monoisotopic (exact) mass is 308 g/mol. The lowest BCUT2D eigenvalue weighted by atomic mass is 10.1. The van der Waals surface area contributed by atoms with Gasteiger partial charge in [0.2, 0.25) is 0 Å². The first-order valence-corrected chi connectivity index (χ1v) is 7.71. The van der Waals surface area contributed by atoms with Gasteiger partial charge in [0.1, 0.15) is 23.2 Å². The number of hydrogen-bond donors (Lipinski definition) is 2. The van der Waals surface area contributed by atoms with Gasteiger partial charge in [0.25, 0.3) is 0 Å². The Morgan fingerprint density at radius 3 is 2.65 bits per heavy atom. The van der Waals surface area contributed by atoms with Crippen molar-refractivity contribution < 1.29 is 4.42 Å². The zero-order chi connectivity index (χ0) is 16.1. The van der Waals surface area contributed by atoms with Crippen molar-refractivity contribution in [3.05, 3.63) is 65.9 Å². The Morgan fingerprint density at radius 1 is 1.04 bits per heavy atom. The fourth-order valence-electron chi connectivity index (χ4n) is 2.40. The van der Waals surface area contributed by atoms with Gasteiger partial charge in [-0.05, 0) is 37.1 Å². The summed E-state index contributed by atoms with van der Waals surface area (Å²) in [5.41, 5.74) is 2.33. The van der Waals surface area contributed by atoms with E-state index in [2.05, 4.69) is 39.7 Å². The van der Waals surface area contributed by atoms with Gasteiger partial charge in [0.05, 0.1) is 12.8 Å². The summed E-state index contributed by atoms with van der Waals surface area (Å²) in [6.45, 7) is 4.62. The molecular formula is C18H20N4O. The van der Waals surface area contributed by atoms with Crippen LogP contribution < -0.4 is 10.6 Å². The largest absolute Gasteiger partial charge is 0.467 e. The highest BCUT2D eigenvalue weighted by atomic mass is 16.3. The number of rotatable bonds is 6. The van der Waals surface area contributed by atoms with Crippen LogP contribution in [0.25, 0.3) is 0 Å². The highest BCUT2D eigenvalue weighted by Gasteiger charge is 2.05. The van der Waals surface area contributed by atoms with Crippen LogP contribution in [0.15, 0.2) is 53.1 Å². The molecule has 0 atom stereocenters. The third-order valence-corrected chi connectivity index (χ3v) is 3.52. The average molecular weight is 308 g/mol. The molecule has 118 valence electrons. The number of anilines is 3. The van der Waals surface area contributed by atoms with Crippen LogP contribution >= 0.6 is 0 Å². The summed E-state index contributed by atoms with van der Waals surface area (Å²) in [6, 6.07) is 14.0. The van der Waals surface area contributed by atoms with Gasteiger partial charge in [-0.1, -0.05) is 25.1 Å². The second-order valence-corrected chi connectivity index (χ2v) is 5.25. The molecule has 0 radical (unpaired) electrons. The van der Waals surface area contributed by atoms with E-state index in [9.17, 15) is 0 Å². The smallest absolute Gasteiger partial charge is 0.136 e. The first-order chi connectivity index (χ1) is 11.2. The molecule has 2 aromatic heterocycles. The Bertz CT molecular complexity index is 768. The second kappa shape index (κ2) is 6.96. The molecule has 3 aromatic rings. The van der Waals surface area contributed by atoms with Gasteiger partial charge in [-0.3, -0.25) is 0 Å². The minimum atomic E-state index is 0.592. The van der Waals surface area contributed by atoms with Crippen LogP contribution in [0.5, 0.6) is 0 Å². The molecular weight excluding hydrogens is 288 g/mol. The second-order valence-electron chi connectivity index (χ2n) is 5.25. The first kappa shape index (κ1) is 15.1. The summed E-state index contributed by atoms with van der Waals surface area (Å²) in [6.07, 6.45) is 2.63. The van der Waals surface area contributed by atoms with Crippen molar-refractivity contribution in [1.82, 2.24) is 9.97 Å². The predicted octanol–water partition coefficient (Wildman–Crippen LogP) is 4.30. The van der Waals surface area contributed by atoms with Crippen molar-refractivity contribution in [1.29, 1.82) is 0 Å². The van der Waals surface area contributed by atoms with Crippen LogP contribution in [0.4, 0.5) is 17.3 Å². The van der Waals surface area contributed by atoms with E-state index >= 15 is 0 Å². The fourth-order valence-corrected chi connectivity index (χ4v) is 2.40. The highest BCUT2D eigenvalue weighted by molar-refractivity contribution is 5.62. The van der Waals surface area contributed by atoms with Gasteiger partial charge < -0.3 is 15.1 Å². The van der Waals surface area contributed by atoms with Crippen LogP contribution in [-0.4, -0.2) is 9.97 Å². The third kappa shape index (κ3) is 3.88. The molecule has 0 amide bonds. The minimum absolute atomic E-state index is 0.592. The van der Waals surface area contributed by atoms with Gasteiger partial charge in [0.15, 0.2) is 0 Å². The fraction of sp³-hybridized carbons (Fsp3) is 0.222. The summed E-state index contributed by atoms with van der Waals surface area (Å²) in [7, 11) is 0. The summed E-state index contributed by atoms with van der Waals surface area (Å²) >= 11 is 0. The molecule has 0 aliphatic heterocycles. The van der Waals surface area contributed by atoms with E-state index in [1.165, 1.54) is 5.56 Å². The third-order valence-electron chi connectivity index (χ3n) is 3.52. The number of furan rings is 1. The molecule has 2 N–H and O–H groups in total. The lowest BCUT2D eigenvalue weighted by Crippen LogP contribution is -2.05. The Kier molecular flexibility index (Phi) is 4.57. The molecule has 0 aliphatic rings. The highest BCUT2D eigenvalue weighted by Crippen LogP contribution is 2.21. The number of nitrogens with one attached hydrogen (secondary N) is 2. The maximum atomic E-state index is 5.32. The maximum Gasteiger partial charge on any atom is 0.136 e. The van der Waals surface area contributed by atoms with Crippen molar-refractivity contribution in [3.8, 4) is 0 Å². The minimum Gasteiger partial charge on any atom is -0.467 e. The summed E-state index contributed by atoms with van der Waals surface area (Å²) in [4.78, 5) is 8.88. The van der Waals surface area contributed by atoms with Gasteiger partial charge in [0, 0.05) is 11.8 Å². The lowest BCUT2D eigenvalue weighted by molar-refractivity contribution is 0.518. The number of aromatic nitrogens is 2. The zero-order valence-corrected chi connectivity index (χ0v) is 13.3. The SMILES string of the molecule is CCc1ccccc1Nc1cc(NCc2ccco2)nc(C)n1. The predicted molar refractivity (Wildman–Crippen MR) is 91.9 cm³/mol. The summed E-state index contributed by atoms with van der Waals surface area (Å²) in [5, 5.41) is 6.64. The van der Waals surface area contributed by atoms with Crippen molar-refractivity contribution in [2.45, 2.75) is 26.8 Å². The van der Waals surface area contributed by atoms with Crippen molar-refractivity contribution in [3.63, 3.8) is 0 Å². The van der Waals surface area contributed by atoms with E-state index in [0.29, 0.717) is 12.4 Å². The molecule has 0 aliphatic carbocycles. The number of nitrogens with zero attached hydrogens (tertiary/aromatic N) is 2. The van der Waals surface area contributed by atoms with Crippen LogP contribution in [0.1, 0.15) is 24.1 Å². The number of aryl methyl sites for hydroxylation is 2. The van der Waals surface area contributed by atoms with Crippen LogP contribution in [-0.2, 0) is 13.0 Å². The van der Waals surface area contributed by atoms with Crippen molar-refractivity contribution in [2.24, 2.45) is 0 Å². The summed E-state index contributed by atoms with van der Waals surface area (Å²) < 4.78 is 5.32. The average Bonchev–Trinajstić information content (AvgIpc) is 3.06. The molecule has 0 spiro atoms. The molecule has 3 rings (SSSR count). The van der Waals surface area contributed by atoms with Crippen molar-refractivity contribution in [2.75, 3.05) is 10.6 Å². The standard InChI is InChI=1S/C18H20N4O/c1-3-14-7-4-5-9-16(14)22-18-11-17(20-13(2)21-18)19-12-15-8-6-10-23-15/h4-11H,3,12H2,1-2H3,(H2,19,20,21,22). The molecule has 1 aromatic carbocycles. The van der Waals surface area contributed by atoms with E-state index in [0.717, 1.165) is 29.5 Å². The van der Waals surface area contributed by atoms with E-state index < -0.39 is 0 Å². The number of hydrogen-bond acceptors (Lipinski definition) is 5. The van der Waals surface area contributed by atoms with Gasteiger partial charge in [-0.15, -0.1) is 0 Å². The van der Waals surface area contributed by atoms with E-state index in [1.54, 1.807) is 6.26 Å². The molecule has 5 nitrogen and oxygen atoms in total. The topological polar surface area (TPSA) is 63.0 Å². The van der Waals surface area contributed by atoms with Gasteiger partial charge in [-0.2, -0.15) is 0 Å².